The summed E-state index contributed by atoms with van der Waals surface area (Å²) < 4.78 is 0. The van der Waals surface area contributed by atoms with Crippen molar-refractivity contribution in [3.8, 4) is 0 Å². The van der Waals surface area contributed by atoms with E-state index in [0.717, 1.165) is 11.8 Å². The molecule has 0 aromatic heterocycles. The van der Waals surface area contributed by atoms with Gasteiger partial charge >= 0.3 is 0 Å². The van der Waals surface area contributed by atoms with E-state index in [9.17, 15) is 0 Å². The topological polar surface area (TPSA) is 0 Å². The minimum atomic E-state index is 0.412. The van der Waals surface area contributed by atoms with E-state index in [4.69, 9.17) is 0 Å². The largest absolute Gasteiger partial charge is 0.0830 e. The van der Waals surface area contributed by atoms with Crippen LogP contribution < -0.4 is 0 Å². The van der Waals surface area contributed by atoms with Crippen LogP contribution in [0.15, 0.2) is 30.3 Å². The molecular formula is C30H38. The predicted octanol–water partition coefficient (Wildman–Crippen LogP) is 8.53. The lowest BCUT2D eigenvalue weighted by molar-refractivity contribution is 0.0995. The molecule has 0 saturated heterocycles. The molecule has 0 aliphatic heterocycles. The van der Waals surface area contributed by atoms with Crippen molar-refractivity contribution in [2.75, 3.05) is 0 Å². The van der Waals surface area contributed by atoms with Crippen molar-refractivity contribution in [3.05, 3.63) is 52.6 Å². The van der Waals surface area contributed by atoms with Gasteiger partial charge in [0.05, 0.1) is 0 Å². The Morgan fingerprint density at radius 2 is 1.30 bits per heavy atom. The van der Waals surface area contributed by atoms with E-state index < -0.39 is 0 Å². The quantitative estimate of drug-likeness (QED) is 0.475. The van der Waals surface area contributed by atoms with E-state index in [1.165, 1.54) is 96.3 Å². The zero-order valence-electron chi connectivity index (χ0n) is 18.7. The number of benzene rings is 2. The molecule has 2 saturated carbocycles. The molecular weight excluding hydrogens is 360 g/mol. The zero-order valence-corrected chi connectivity index (χ0v) is 18.7. The van der Waals surface area contributed by atoms with Gasteiger partial charge in [-0.1, -0.05) is 74.9 Å². The second kappa shape index (κ2) is 7.85. The molecule has 6 rings (SSSR count). The van der Waals surface area contributed by atoms with Crippen molar-refractivity contribution in [3.63, 3.8) is 0 Å². The number of hydrogen-bond donors (Lipinski definition) is 0. The highest BCUT2D eigenvalue weighted by Crippen LogP contribution is 2.56. The molecule has 0 heteroatoms. The molecule has 2 fully saturated rings. The minimum absolute atomic E-state index is 0.412. The van der Waals surface area contributed by atoms with E-state index in [1.54, 1.807) is 33.0 Å². The maximum Gasteiger partial charge on any atom is 0.00501 e. The van der Waals surface area contributed by atoms with Gasteiger partial charge in [-0.25, -0.2) is 0 Å². The average molecular weight is 399 g/mol. The van der Waals surface area contributed by atoms with Crippen molar-refractivity contribution in [1.29, 1.82) is 0 Å². The Morgan fingerprint density at radius 1 is 0.633 bits per heavy atom. The summed E-state index contributed by atoms with van der Waals surface area (Å²) in [6, 6.07) is 10.1. The fourth-order valence-electron chi connectivity index (χ4n) is 8.09. The molecule has 2 aromatic rings. The van der Waals surface area contributed by atoms with Crippen molar-refractivity contribution in [1.82, 2.24) is 0 Å². The summed E-state index contributed by atoms with van der Waals surface area (Å²) in [6.07, 6.45) is 26.3. The van der Waals surface area contributed by atoms with Gasteiger partial charge in [0, 0.05) is 5.41 Å². The summed E-state index contributed by atoms with van der Waals surface area (Å²) in [5.74, 6) is 1.79. The molecule has 0 nitrogen and oxygen atoms in total. The van der Waals surface area contributed by atoms with Gasteiger partial charge in [0.2, 0.25) is 0 Å². The molecule has 4 aliphatic rings. The first-order valence-corrected chi connectivity index (χ1v) is 13.1. The van der Waals surface area contributed by atoms with E-state index in [0.29, 0.717) is 5.41 Å². The molecule has 30 heavy (non-hydrogen) atoms. The number of hydrogen-bond acceptors (Lipinski definition) is 0. The van der Waals surface area contributed by atoms with Crippen LogP contribution in [0.3, 0.4) is 0 Å². The molecule has 2 aromatic carbocycles. The molecule has 4 aliphatic carbocycles. The van der Waals surface area contributed by atoms with Gasteiger partial charge in [0.1, 0.15) is 0 Å². The third kappa shape index (κ3) is 2.93. The van der Waals surface area contributed by atoms with E-state index in [2.05, 4.69) is 36.4 Å². The first-order chi connectivity index (χ1) is 14.9. The van der Waals surface area contributed by atoms with Gasteiger partial charge in [-0.3, -0.25) is 0 Å². The van der Waals surface area contributed by atoms with Crippen LogP contribution in [0.25, 0.3) is 16.8 Å². The van der Waals surface area contributed by atoms with Gasteiger partial charge in [-0.15, -0.1) is 0 Å². The third-order valence-electron chi connectivity index (χ3n) is 9.48. The molecule has 0 N–H and O–H groups in total. The highest BCUT2D eigenvalue weighted by atomic mass is 14.5. The highest BCUT2D eigenvalue weighted by Gasteiger charge is 2.48. The second-order valence-corrected chi connectivity index (χ2v) is 10.8. The van der Waals surface area contributed by atoms with Gasteiger partial charge in [0.25, 0.3) is 0 Å². The van der Waals surface area contributed by atoms with E-state index in [-0.39, 0.29) is 0 Å². The van der Waals surface area contributed by atoms with Gasteiger partial charge < -0.3 is 0 Å². The van der Waals surface area contributed by atoms with Crippen molar-refractivity contribution < 1.29 is 0 Å². The van der Waals surface area contributed by atoms with Crippen LogP contribution in [-0.2, 0) is 18.3 Å². The monoisotopic (exact) mass is 398 g/mol. The van der Waals surface area contributed by atoms with Crippen LogP contribution in [0.4, 0.5) is 0 Å². The Bertz CT molecular complexity index is 932. The summed E-state index contributed by atoms with van der Waals surface area (Å²) in [4.78, 5) is 0. The molecule has 0 atom stereocenters. The van der Waals surface area contributed by atoms with Gasteiger partial charge in [0.15, 0.2) is 0 Å². The van der Waals surface area contributed by atoms with Crippen LogP contribution in [-0.4, -0.2) is 0 Å². The molecule has 0 heterocycles. The van der Waals surface area contributed by atoms with E-state index >= 15 is 0 Å². The summed E-state index contributed by atoms with van der Waals surface area (Å²) >= 11 is 0. The third-order valence-corrected chi connectivity index (χ3v) is 9.48. The summed E-state index contributed by atoms with van der Waals surface area (Å²) in [7, 11) is 0. The van der Waals surface area contributed by atoms with E-state index in [1.807, 2.05) is 0 Å². The Balaban J connectivity index is 1.54. The second-order valence-electron chi connectivity index (χ2n) is 10.8. The molecule has 158 valence electrons. The van der Waals surface area contributed by atoms with Crippen molar-refractivity contribution >= 4 is 16.8 Å². The van der Waals surface area contributed by atoms with Crippen molar-refractivity contribution in [2.45, 2.75) is 102 Å². The maximum absolute atomic E-state index is 2.62. The maximum atomic E-state index is 2.62. The summed E-state index contributed by atoms with van der Waals surface area (Å²) in [6.45, 7) is 0. The van der Waals surface area contributed by atoms with Crippen LogP contribution in [0, 0.1) is 11.8 Å². The van der Waals surface area contributed by atoms with Crippen LogP contribution in [0.1, 0.15) is 106 Å². The summed E-state index contributed by atoms with van der Waals surface area (Å²) in [5.41, 5.74) is 7.05. The Labute approximate surface area is 183 Å². The molecule has 0 spiro atoms. The molecule has 0 bridgehead atoms. The lowest BCUT2D eigenvalue weighted by Gasteiger charge is -2.51. The summed E-state index contributed by atoms with van der Waals surface area (Å²) in [5, 5.41) is 3.12. The lowest BCUT2D eigenvalue weighted by Crippen LogP contribution is -2.45. The molecule has 0 radical (unpaired) electrons. The number of fused-ring (bicyclic) bond motifs is 5. The van der Waals surface area contributed by atoms with Gasteiger partial charge in [-0.05, 0) is 103 Å². The van der Waals surface area contributed by atoms with Crippen LogP contribution >= 0.6 is 0 Å². The van der Waals surface area contributed by atoms with Crippen LogP contribution in [0.5, 0.6) is 0 Å². The first-order valence-electron chi connectivity index (χ1n) is 13.1. The lowest BCUT2D eigenvalue weighted by atomic mass is 9.52. The van der Waals surface area contributed by atoms with Crippen molar-refractivity contribution in [2.24, 2.45) is 11.8 Å². The number of rotatable bonds is 2. The molecule has 0 unspecified atom stereocenters. The van der Waals surface area contributed by atoms with Crippen LogP contribution in [0.2, 0.25) is 0 Å². The standard InChI is InChI=1S/C30H38/c1-3-11-23(12-4-1)30(24-13-5-2-6-14-24)21-9-16-28-27-18-17-22-10-7-8-15-25(22)26(27)19-20-29(28)30/h9,16-20,23-24H,1-8,10-15,21H2. The minimum Gasteiger partial charge on any atom is -0.0830 e. The fraction of sp³-hybridized carbons (Fsp3) is 0.600. The average Bonchev–Trinajstić information content (AvgIpc) is 2.84. The SMILES string of the molecule is C1=Cc2c(ccc3c4c(ccc23)CCCC4)C(C2CCCCC2)(C2CCCCC2)C1. The number of aryl methyl sites for hydroxylation is 2. The first kappa shape index (κ1) is 19.1. The fourth-order valence-corrected chi connectivity index (χ4v) is 8.09. The Morgan fingerprint density at radius 3 is 2.03 bits per heavy atom. The highest BCUT2D eigenvalue weighted by molar-refractivity contribution is 5.96. The smallest absolute Gasteiger partial charge is 0.00501 e. The molecule has 0 amide bonds. The normalized spacial score (nSPS) is 24.5. The zero-order chi connectivity index (χ0) is 20.0. The number of allylic oxidation sites excluding steroid dienone is 1. The Hall–Kier alpha value is -1.56. The Kier molecular flexibility index (Phi) is 5.01. The van der Waals surface area contributed by atoms with Gasteiger partial charge in [-0.2, -0.15) is 0 Å². The predicted molar refractivity (Wildman–Crippen MR) is 129 cm³/mol.